The zero-order valence-electron chi connectivity index (χ0n) is 20.4. The zero-order valence-corrected chi connectivity index (χ0v) is 22.0. The lowest BCUT2D eigenvalue weighted by Gasteiger charge is -2.11. The number of rotatable bonds is 8. The summed E-state index contributed by atoms with van der Waals surface area (Å²) in [5.41, 5.74) is 2.50. The maximum absolute atomic E-state index is 12.5. The van der Waals surface area contributed by atoms with Gasteiger partial charge in [0.25, 0.3) is 0 Å². The number of aryl methyl sites for hydroxylation is 2. The number of anilines is 2. The third-order valence-electron chi connectivity index (χ3n) is 5.24. The summed E-state index contributed by atoms with van der Waals surface area (Å²) in [4.78, 5) is 12.5. The van der Waals surface area contributed by atoms with Gasteiger partial charge in [0.2, 0.25) is 0 Å². The molecule has 9 nitrogen and oxygen atoms in total. The van der Waals surface area contributed by atoms with Crippen molar-refractivity contribution in [2.45, 2.75) is 23.6 Å². The van der Waals surface area contributed by atoms with Crippen LogP contribution in [0.2, 0.25) is 0 Å². The molecule has 38 heavy (non-hydrogen) atoms. The topological polar surface area (TPSA) is 128 Å². The molecule has 196 valence electrons. The summed E-state index contributed by atoms with van der Waals surface area (Å²) in [5, 5.41) is 5.19. The average Bonchev–Trinajstić information content (AvgIpc) is 2.85. The van der Waals surface area contributed by atoms with Crippen LogP contribution >= 0.6 is 0 Å². The van der Waals surface area contributed by atoms with Crippen molar-refractivity contribution in [3.63, 3.8) is 0 Å². The number of amides is 2. The van der Waals surface area contributed by atoms with Crippen molar-refractivity contribution in [1.29, 1.82) is 0 Å². The van der Waals surface area contributed by atoms with Crippen LogP contribution in [0.5, 0.6) is 11.5 Å². The van der Waals surface area contributed by atoms with E-state index >= 15 is 0 Å². The maximum atomic E-state index is 12.5. The minimum atomic E-state index is -4.04. The van der Waals surface area contributed by atoms with Crippen LogP contribution in [-0.4, -0.2) is 22.9 Å². The molecule has 0 aliphatic rings. The molecule has 0 aliphatic heterocycles. The van der Waals surface area contributed by atoms with Crippen molar-refractivity contribution in [2.75, 3.05) is 10.6 Å². The molecular formula is C27H24N2O7S2. The fraction of sp³-hybridized carbons (Fsp3) is 0.0741. The Morgan fingerprint density at radius 2 is 1.05 bits per heavy atom. The smallest absolute Gasteiger partial charge is 0.339 e. The van der Waals surface area contributed by atoms with Crippen LogP contribution < -0.4 is 19.0 Å². The highest BCUT2D eigenvalue weighted by Gasteiger charge is 2.18. The van der Waals surface area contributed by atoms with Crippen molar-refractivity contribution in [2.24, 2.45) is 0 Å². The second-order valence-corrected chi connectivity index (χ2v) is 11.4. The molecule has 4 aromatic rings. The van der Waals surface area contributed by atoms with Crippen LogP contribution in [0, 0.1) is 13.8 Å². The fourth-order valence-electron chi connectivity index (χ4n) is 3.27. The minimum absolute atomic E-state index is 0.0123. The molecular weight excluding hydrogens is 528 g/mol. The molecule has 0 heterocycles. The van der Waals surface area contributed by atoms with E-state index in [0.717, 1.165) is 11.1 Å². The molecule has 0 unspecified atom stereocenters. The molecule has 2 N–H and O–H groups in total. The Hall–Kier alpha value is -4.35. The number of carbonyl (C=O) groups is 1. The first-order valence-electron chi connectivity index (χ1n) is 11.3. The van der Waals surface area contributed by atoms with E-state index in [9.17, 15) is 21.6 Å². The Balaban J connectivity index is 1.36. The standard InChI is InChI=1S/C27H24N2O7S2/c1-19-6-14-25(15-7-19)37(31,32)35-23-12-10-21(11-13-23)28-27(30)29-22-4-3-5-24(18-22)36-38(33,34)26-16-8-20(2)9-17-26/h3-18H,1-2H3,(H2,28,29,30). The molecule has 0 aliphatic carbocycles. The minimum Gasteiger partial charge on any atom is -0.379 e. The lowest BCUT2D eigenvalue weighted by Crippen LogP contribution is -2.19. The van der Waals surface area contributed by atoms with E-state index in [1.807, 2.05) is 13.8 Å². The highest BCUT2D eigenvalue weighted by Crippen LogP contribution is 2.24. The molecule has 2 amide bonds. The summed E-state index contributed by atoms with van der Waals surface area (Å²) in [6.07, 6.45) is 0. The third kappa shape index (κ3) is 6.90. The van der Waals surface area contributed by atoms with Gasteiger partial charge in [-0.25, -0.2) is 4.79 Å². The first-order chi connectivity index (χ1) is 18.0. The number of carbonyl (C=O) groups excluding carboxylic acids is 1. The monoisotopic (exact) mass is 552 g/mol. The normalized spacial score (nSPS) is 11.4. The molecule has 0 saturated carbocycles. The van der Waals surface area contributed by atoms with Crippen molar-refractivity contribution >= 4 is 37.6 Å². The predicted octanol–water partition coefficient (Wildman–Crippen LogP) is 5.48. The van der Waals surface area contributed by atoms with Crippen LogP contribution in [0.4, 0.5) is 16.2 Å². The van der Waals surface area contributed by atoms with Crippen molar-refractivity contribution in [1.82, 2.24) is 0 Å². The van der Waals surface area contributed by atoms with Gasteiger partial charge < -0.3 is 19.0 Å². The van der Waals surface area contributed by atoms with Gasteiger partial charge in [0.05, 0.1) is 0 Å². The lowest BCUT2D eigenvalue weighted by atomic mass is 10.2. The third-order valence-corrected chi connectivity index (χ3v) is 7.76. The van der Waals surface area contributed by atoms with Crippen LogP contribution in [0.3, 0.4) is 0 Å². The Morgan fingerprint density at radius 3 is 1.58 bits per heavy atom. The molecule has 0 atom stereocenters. The first-order valence-corrected chi connectivity index (χ1v) is 14.1. The SMILES string of the molecule is Cc1ccc(S(=O)(=O)Oc2ccc(NC(=O)Nc3cccc(OS(=O)(=O)c4ccc(C)cc4)c3)cc2)cc1. The molecule has 0 spiro atoms. The molecule has 11 heteroatoms. The van der Waals surface area contributed by atoms with Crippen molar-refractivity contribution in [3.05, 3.63) is 108 Å². The molecule has 0 saturated heterocycles. The summed E-state index contributed by atoms with van der Waals surface area (Å²) in [6, 6.07) is 23.6. The van der Waals surface area contributed by atoms with Gasteiger partial charge in [-0.3, -0.25) is 0 Å². The van der Waals surface area contributed by atoms with Gasteiger partial charge in [-0.2, -0.15) is 16.8 Å². The van der Waals surface area contributed by atoms with Gasteiger partial charge in [0.1, 0.15) is 21.3 Å². The Kier molecular flexibility index (Phi) is 7.70. The van der Waals surface area contributed by atoms with Crippen LogP contribution in [0.25, 0.3) is 0 Å². The molecule has 0 fully saturated rings. The lowest BCUT2D eigenvalue weighted by molar-refractivity contribution is 0.262. The average molecular weight is 553 g/mol. The zero-order chi connectivity index (χ0) is 27.3. The van der Waals surface area contributed by atoms with Gasteiger partial charge in [-0.1, -0.05) is 41.5 Å². The Labute approximate surface area is 221 Å². The van der Waals surface area contributed by atoms with Gasteiger partial charge in [-0.05, 0) is 74.5 Å². The number of benzene rings is 4. The van der Waals surface area contributed by atoms with Crippen molar-refractivity contribution < 1.29 is 30.0 Å². The van der Waals surface area contributed by atoms with E-state index in [0.29, 0.717) is 11.4 Å². The summed E-state index contributed by atoms with van der Waals surface area (Å²) < 4.78 is 60.3. The van der Waals surface area contributed by atoms with E-state index in [-0.39, 0.29) is 21.3 Å². The van der Waals surface area contributed by atoms with Gasteiger partial charge in [0.15, 0.2) is 0 Å². The molecule has 0 radical (unpaired) electrons. The van der Waals surface area contributed by atoms with E-state index in [4.69, 9.17) is 8.37 Å². The van der Waals surface area contributed by atoms with Gasteiger partial charge >= 0.3 is 26.3 Å². The van der Waals surface area contributed by atoms with E-state index in [1.54, 1.807) is 30.3 Å². The summed E-state index contributed by atoms with van der Waals surface area (Å²) in [7, 11) is -8.04. The molecule has 0 aromatic heterocycles. The highest BCUT2D eigenvalue weighted by molar-refractivity contribution is 7.87. The Morgan fingerprint density at radius 1 is 0.579 bits per heavy atom. The number of hydrogen-bond acceptors (Lipinski definition) is 7. The first kappa shape index (κ1) is 26.7. The highest BCUT2D eigenvalue weighted by atomic mass is 32.2. The summed E-state index contributed by atoms with van der Waals surface area (Å²) >= 11 is 0. The second-order valence-electron chi connectivity index (χ2n) is 8.33. The molecule has 0 bridgehead atoms. The molecule has 4 rings (SSSR count). The fourth-order valence-corrected chi connectivity index (χ4v) is 5.13. The van der Waals surface area contributed by atoms with E-state index < -0.39 is 26.3 Å². The second kappa shape index (κ2) is 11.0. The maximum Gasteiger partial charge on any atom is 0.339 e. The number of nitrogens with one attached hydrogen (secondary N) is 2. The quantitative estimate of drug-likeness (QED) is 0.277. The van der Waals surface area contributed by atoms with Crippen LogP contribution in [0.1, 0.15) is 11.1 Å². The number of hydrogen-bond donors (Lipinski definition) is 2. The van der Waals surface area contributed by atoms with Crippen LogP contribution in [-0.2, 0) is 20.2 Å². The predicted molar refractivity (Wildman–Crippen MR) is 144 cm³/mol. The van der Waals surface area contributed by atoms with E-state index in [1.165, 1.54) is 66.7 Å². The van der Waals surface area contributed by atoms with Crippen LogP contribution in [0.15, 0.2) is 107 Å². The molecule has 4 aromatic carbocycles. The van der Waals surface area contributed by atoms with Gasteiger partial charge in [-0.15, -0.1) is 0 Å². The van der Waals surface area contributed by atoms with E-state index in [2.05, 4.69) is 10.6 Å². The van der Waals surface area contributed by atoms with Crippen molar-refractivity contribution in [3.8, 4) is 11.5 Å². The Bertz CT molecular complexity index is 1650. The largest absolute Gasteiger partial charge is 0.379 e. The van der Waals surface area contributed by atoms with Gasteiger partial charge in [0, 0.05) is 17.4 Å². The number of urea groups is 1. The summed E-state index contributed by atoms with van der Waals surface area (Å²) in [5.74, 6) is 0.107. The summed E-state index contributed by atoms with van der Waals surface area (Å²) in [6.45, 7) is 3.69.